The lowest BCUT2D eigenvalue weighted by molar-refractivity contribution is 0.0697. The molecule has 0 spiro atoms. The highest BCUT2D eigenvalue weighted by Gasteiger charge is 2.11. The number of imidazole rings is 1. The molecular formula is C13H11N3O2S. The summed E-state index contributed by atoms with van der Waals surface area (Å²) in [5.41, 5.74) is 4.63. The van der Waals surface area contributed by atoms with Crippen LogP contribution in [-0.2, 0) is 6.54 Å². The highest BCUT2D eigenvalue weighted by atomic mass is 32.1. The summed E-state index contributed by atoms with van der Waals surface area (Å²) in [6.07, 6.45) is 0. The number of rotatable bonds is 3. The van der Waals surface area contributed by atoms with E-state index in [0.717, 1.165) is 22.6 Å². The predicted molar refractivity (Wildman–Crippen MR) is 72.6 cm³/mol. The molecule has 0 unspecified atom stereocenters. The number of carbonyl (C=O) groups is 1. The van der Waals surface area contributed by atoms with Gasteiger partial charge >= 0.3 is 5.97 Å². The second-order valence-electron chi connectivity index (χ2n) is 4.23. The van der Waals surface area contributed by atoms with Crippen LogP contribution in [-0.4, -0.2) is 25.6 Å². The summed E-state index contributed by atoms with van der Waals surface area (Å²) in [6, 6.07) is 4.97. The molecule has 0 saturated carbocycles. The van der Waals surface area contributed by atoms with E-state index in [-0.39, 0.29) is 5.56 Å². The van der Waals surface area contributed by atoms with Crippen molar-refractivity contribution in [1.82, 2.24) is 14.5 Å². The third-order valence-electron chi connectivity index (χ3n) is 2.99. The number of benzene rings is 1. The Morgan fingerprint density at radius 2 is 2.32 bits per heavy atom. The normalized spacial score (nSPS) is 11.0. The average Bonchev–Trinajstić information content (AvgIpc) is 2.98. The molecule has 0 radical (unpaired) electrons. The Kier molecular flexibility index (Phi) is 2.79. The van der Waals surface area contributed by atoms with Crippen molar-refractivity contribution in [3.8, 4) is 0 Å². The van der Waals surface area contributed by atoms with E-state index in [4.69, 9.17) is 5.11 Å². The lowest BCUT2D eigenvalue weighted by atomic mass is 10.2. The van der Waals surface area contributed by atoms with Crippen molar-refractivity contribution in [3.63, 3.8) is 0 Å². The summed E-state index contributed by atoms with van der Waals surface area (Å²) in [4.78, 5) is 19.7. The Bertz CT molecular complexity index is 747. The molecule has 19 heavy (non-hydrogen) atoms. The van der Waals surface area contributed by atoms with E-state index in [2.05, 4.69) is 9.97 Å². The average molecular weight is 273 g/mol. The Morgan fingerprint density at radius 1 is 1.47 bits per heavy atom. The fourth-order valence-corrected chi connectivity index (χ4v) is 2.60. The van der Waals surface area contributed by atoms with Crippen LogP contribution in [0.1, 0.15) is 21.9 Å². The van der Waals surface area contributed by atoms with Crippen LogP contribution in [0.5, 0.6) is 0 Å². The summed E-state index contributed by atoms with van der Waals surface area (Å²) in [7, 11) is 0. The van der Waals surface area contributed by atoms with Crippen molar-refractivity contribution in [3.05, 3.63) is 46.2 Å². The first-order valence-electron chi connectivity index (χ1n) is 5.72. The van der Waals surface area contributed by atoms with Gasteiger partial charge in [-0.25, -0.2) is 14.8 Å². The molecule has 0 aliphatic carbocycles. The summed E-state index contributed by atoms with van der Waals surface area (Å²) in [6.45, 7) is 2.52. The number of hydrogen-bond acceptors (Lipinski definition) is 4. The minimum Gasteiger partial charge on any atom is -0.478 e. The van der Waals surface area contributed by atoms with Gasteiger partial charge in [-0.2, -0.15) is 0 Å². The largest absolute Gasteiger partial charge is 0.478 e. The maximum absolute atomic E-state index is 11.0. The van der Waals surface area contributed by atoms with Crippen molar-refractivity contribution >= 4 is 28.3 Å². The number of aryl methyl sites for hydroxylation is 1. The third kappa shape index (κ3) is 2.10. The van der Waals surface area contributed by atoms with Crippen LogP contribution in [0.3, 0.4) is 0 Å². The SMILES string of the molecule is Cc1nc2ccc(C(=O)O)cc2n1Cc1cscn1. The van der Waals surface area contributed by atoms with Gasteiger partial charge < -0.3 is 9.67 Å². The maximum atomic E-state index is 11.0. The first-order valence-corrected chi connectivity index (χ1v) is 6.66. The monoisotopic (exact) mass is 273 g/mol. The molecule has 6 heteroatoms. The van der Waals surface area contributed by atoms with Crippen molar-refractivity contribution in [2.45, 2.75) is 13.5 Å². The van der Waals surface area contributed by atoms with Gasteiger partial charge in [0.15, 0.2) is 0 Å². The van der Waals surface area contributed by atoms with Crippen molar-refractivity contribution in [2.75, 3.05) is 0 Å². The van der Waals surface area contributed by atoms with E-state index in [9.17, 15) is 4.79 Å². The standard InChI is InChI=1S/C13H11N3O2S/c1-8-15-11-3-2-9(13(17)18)4-12(11)16(8)5-10-6-19-7-14-10/h2-4,6-7H,5H2,1H3,(H,17,18). The minimum absolute atomic E-state index is 0.270. The Morgan fingerprint density at radius 3 is 3.00 bits per heavy atom. The molecule has 0 saturated heterocycles. The number of hydrogen-bond donors (Lipinski definition) is 1. The molecular weight excluding hydrogens is 262 g/mol. The first-order chi connectivity index (χ1) is 9.15. The van der Waals surface area contributed by atoms with Crippen LogP contribution in [0, 0.1) is 6.92 Å². The zero-order chi connectivity index (χ0) is 13.4. The fourth-order valence-electron chi connectivity index (χ4n) is 2.05. The molecule has 0 aliphatic rings. The molecule has 0 atom stereocenters. The Labute approximate surface area is 113 Å². The summed E-state index contributed by atoms with van der Waals surface area (Å²) in [5, 5.41) is 11.0. The van der Waals surface area contributed by atoms with Crippen LogP contribution in [0.15, 0.2) is 29.1 Å². The van der Waals surface area contributed by atoms with E-state index >= 15 is 0 Å². The first kappa shape index (κ1) is 11.9. The summed E-state index contributed by atoms with van der Waals surface area (Å²) in [5.74, 6) is -0.0773. The molecule has 2 aromatic heterocycles. The van der Waals surface area contributed by atoms with E-state index in [1.165, 1.54) is 0 Å². The molecule has 0 bridgehead atoms. The van der Waals surface area contributed by atoms with E-state index in [1.807, 2.05) is 16.9 Å². The van der Waals surface area contributed by atoms with Crippen LogP contribution in [0.4, 0.5) is 0 Å². The van der Waals surface area contributed by atoms with Crippen LogP contribution >= 0.6 is 11.3 Å². The van der Waals surface area contributed by atoms with Crippen LogP contribution in [0.2, 0.25) is 0 Å². The summed E-state index contributed by atoms with van der Waals surface area (Å²) < 4.78 is 1.98. The molecule has 5 nitrogen and oxygen atoms in total. The number of aromatic carboxylic acids is 1. The highest BCUT2D eigenvalue weighted by molar-refractivity contribution is 7.07. The number of aromatic nitrogens is 3. The predicted octanol–water partition coefficient (Wildman–Crippen LogP) is 2.55. The zero-order valence-corrected chi connectivity index (χ0v) is 11.0. The van der Waals surface area contributed by atoms with Gasteiger partial charge in [0.05, 0.1) is 34.3 Å². The van der Waals surface area contributed by atoms with Gasteiger partial charge in [0, 0.05) is 5.38 Å². The molecule has 0 fully saturated rings. The second-order valence-corrected chi connectivity index (χ2v) is 4.95. The van der Waals surface area contributed by atoms with Crippen molar-refractivity contribution < 1.29 is 9.90 Å². The van der Waals surface area contributed by atoms with Gasteiger partial charge in [-0.1, -0.05) is 0 Å². The molecule has 96 valence electrons. The van der Waals surface area contributed by atoms with Gasteiger partial charge in [0.2, 0.25) is 0 Å². The molecule has 0 aliphatic heterocycles. The number of carboxylic acid groups (broad SMARTS) is 1. The lowest BCUT2D eigenvalue weighted by Crippen LogP contribution is -2.03. The molecule has 3 rings (SSSR count). The van der Waals surface area contributed by atoms with Gasteiger partial charge in [0.25, 0.3) is 0 Å². The van der Waals surface area contributed by atoms with Crippen LogP contribution < -0.4 is 0 Å². The van der Waals surface area contributed by atoms with E-state index < -0.39 is 5.97 Å². The number of nitrogens with zero attached hydrogens (tertiary/aromatic N) is 3. The lowest BCUT2D eigenvalue weighted by Gasteiger charge is -2.04. The molecule has 3 aromatic rings. The van der Waals surface area contributed by atoms with Gasteiger partial charge in [-0.05, 0) is 25.1 Å². The molecule has 0 amide bonds. The van der Waals surface area contributed by atoms with Gasteiger partial charge in [0.1, 0.15) is 5.82 Å². The van der Waals surface area contributed by atoms with Gasteiger partial charge in [-0.3, -0.25) is 0 Å². The molecule has 1 N–H and O–H groups in total. The van der Waals surface area contributed by atoms with Crippen molar-refractivity contribution in [2.24, 2.45) is 0 Å². The van der Waals surface area contributed by atoms with E-state index in [1.54, 1.807) is 35.0 Å². The van der Waals surface area contributed by atoms with Gasteiger partial charge in [-0.15, -0.1) is 11.3 Å². The third-order valence-corrected chi connectivity index (χ3v) is 3.62. The molecule has 1 aromatic carbocycles. The van der Waals surface area contributed by atoms with E-state index in [0.29, 0.717) is 6.54 Å². The number of fused-ring (bicyclic) bond motifs is 1. The topological polar surface area (TPSA) is 68.0 Å². The summed E-state index contributed by atoms with van der Waals surface area (Å²) >= 11 is 1.54. The maximum Gasteiger partial charge on any atom is 0.335 e. The van der Waals surface area contributed by atoms with Crippen molar-refractivity contribution in [1.29, 1.82) is 0 Å². The Balaban J connectivity index is 2.14. The number of carboxylic acids is 1. The number of thiazole rings is 1. The highest BCUT2D eigenvalue weighted by Crippen LogP contribution is 2.19. The quantitative estimate of drug-likeness (QED) is 0.796. The van der Waals surface area contributed by atoms with Crippen LogP contribution in [0.25, 0.3) is 11.0 Å². The Hall–Kier alpha value is -2.21. The smallest absolute Gasteiger partial charge is 0.335 e. The second kappa shape index (κ2) is 4.47. The zero-order valence-electron chi connectivity index (χ0n) is 10.2. The minimum atomic E-state index is -0.930. The fraction of sp³-hybridized carbons (Fsp3) is 0.154. The molecule has 2 heterocycles.